The van der Waals surface area contributed by atoms with E-state index in [1.807, 2.05) is 0 Å². The summed E-state index contributed by atoms with van der Waals surface area (Å²) in [6.07, 6.45) is 36.3. The Kier molecular flexibility index (Phi) is 54.1. The van der Waals surface area contributed by atoms with E-state index in [2.05, 4.69) is 48.5 Å². The second kappa shape index (κ2) is 55.4. The van der Waals surface area contributed by atoms with E-state index in [9.17, 15) is 43.2 Å². The van der Waals surface area contributed by atoms with Crippen LogP contribution in [-0.2, 0) is 65.4 Å². The van der Waals surface area contributed by atoms with Crippen LogP contribution in [-0.4, -0.2) is 96.7 Å². The maximum Gasteiger partial charge on any atom is 0.472 e. The number of phosphoric ester groups is 2. The van der Waals surface area contributed by atoms with Gasteiger partial charge in [-0.15, -0.1) is 0 Å². The summed E-state index contributed by atoms with van der Waals surface area (Å²) in [5.41, 5.74) is 0. The SMILES string of the molecule is CCCCCCCCCC(=O)OC[C@H](COP(=O)(O)OC[C@H](O)COP(=O)(O)OC[C@@H](COC(=O)CCCCCCCCCCC(C)CC)OC(=O)CCCCCCCCCCCCCC(C)C)OC(=O)CCCCCCCCCC(C)C. The van der Waals surface area contributed by atoms with E-state index in [4.69, 9.17) is 37.0 Å². The number of aliphatic hydroxyl groups excluding tert-OH is 1. The quantitative estimate of drug-likeness (QED) is 0.0222. The lowest BCUT2D eigenvalue weighted by Crippen LogP contribution is -2.30. The summed E-state index contributed by atoms with van der Waals surface area (Å²) < 4.78 is 67.9. The number of aliphatic hydroxyl groups is 1. The second-order valence-electron chi connectivity index (χ2n) is 24.3. The Morgan fingerprint density at radius 2 is 0.614 bits per heavy atom. The van der Waals surface area contributed by atoms with E-state index < -0.39 is 97.5 Å². The fraction of sp³-hybridized carbons (Fsp3) is 0.938. The second-order valence-corrected chi connectivity index (χ2v) is 27.3. The van der Waals surface area contributed by atoms with Gasteiger partial charge in [0.15, 0.2) is 12.2 Å². The minimum atomic E-state index is -4.95. The van der Waals surface area contributed by atoms with Crippen LogP contribution in [0, 0.1) is 17.8 Å². The summed E-state index contributed by atoms with van der Waals surface area (Å²) in [7, 11) is -9.88. The average molecular weight is 1230 g/mol. The summed E-state index contributed by atoms with van der Waals surface area (Å²) in [5.74, 6) is 0.0974. The van der Waals surface area contributed by atoms with Crippen LogP contribution >= 0.6 is 15.6 Å². The van der Waals surface area contributed by atoms with E-state index in [0.29, 0.717) is 31.6 Å². The molecule has 3 unspecified atom stereocenters. The number of phosphoric acid groups is 2. The number of rotatable bonds is 62. The molecule has 17 nitrogen and oxygen atoms in total. The van der Waals surface area contributed by atoms with Gasteiger partial charge in [-0.3, -0.25) is 37.3 Å². The van der Waals surface area contributed by atoms with Gasteiger partial charge >= 0.3 is 39.5 Å². The van der Waals surface area contributed by atoms with Crippen molar-refractivity contribution in [2.45, 2.75) is 330 Å². The predicted molar refractivity (Wildman–Crippen MR) is 331 cm³/mol. The van der Waals surface area contributed by atoms with Crippen molar-refractivity contribution in [2.24, 2.45) is 17.8 Å². The van der Waals surface area contributed by atoms with E-state index >= 15 is 0 Å². The Bertz CT molecular complexity index is 1650. The lowest BCUT2D eigenvalue weighted by molar-refractivity contribution is -0.161. The molecule has 19 heteroatoms. The van der Waals surface area contributed by atoms with Gasteiger partial charge in [-0.1, -0.05) is 260 Å². The third-order valence-electron chi connectivity index (χ3n) is 15.0. The molecule has 0 spiro atoms. The predicted octanol–water partition coefficient (Wildman–Crippen LogP) is 17.5. The largest absolute Gasteiger partial charge is 0.472 e. The highest BCUT2D eigenvalue weighted by atomic mass is 31.2. The first-order chi connectivity index (χ1) is 39.8. The number of esters is 4. The number of hydrogen-bond acceptors (Lipinski definition) is 15. The molecule has 0 heterocycles. The monoisotopic (exact) mass is 1230 g/mol. The average Bonchev–Trinajstić information content (AvgIpc) is 3.45. The molecule has 83 heavy (non-hydrogen) atoms. The number of ether oxygens (including phenoxy) is 4. The molecule has 0 bridgehead atoms. The lowest BCUT2D eigenvalue weighted by atomic mass is 9.99. The van der Waals surface area contributed by atoms with Crippen molar-refractivity contribution in [3.05, 3.63) is 0 Å². The molecule has 0 aromatic rings. The van der Waals surface area contributed by atoms with Crippen LogP contribution in [0.2, 0.25) is 0 Å². The minimum Gasteiger partial charge on any atom is -0.462 e. The molecule has 0 aliphatic rings. The van der Waals surface area contributed by atoms with Crippen LogP contribution in [0.15, 0.2) is 0 Å². The standard InChI is InChI=1S/C64H124O17P2/c1-8-10-11-12-21-31-38-45-61(66)74-51-59(81-64(69)48-41-34-27-20-23-29-36-43-56(5)6)53-78-82(70,71)76-49-58(65)50-77-83(72,73)79-54-60(52-75-62(67)46-39-32-25-19-18-24-30-37-44-57(7)9-2)80-63(68)47-40-33-26-17-15-13-14-16-22-28-35-42-55(3)4/h55-60,65H,8-54H2,1-7H3,(H,70,71)(H,72,73)/t57?,58-,59+,60+/m0/s1. The summed E-state index contributed by atoms with van der Waals surface area (Å²) in [4.78, 5) is 72.1. The molecular weight excluding hydrogens is 1100 g/mol. The van der Waals surface area contributed by atoms with Gasteiger partial charge in [0, 0.05) is 25.7 Å². The molecule has 0 saturated carbocycles. The first-order valence-electron chi connectivity index (χ1n) is 33.4. The molecule has 6 atom stereocenters. The van der Waals surface area contributed by atoms with Gasteiger partial charge in [0.25, 0.3) is 0 Å². The highest BCUT2D eigenvalue weighted by molar-refractivity contribution is 7.47. The molecule has 0 aliphatic carbocycles. The van der Waals surface area contributed by atoms with Crippen LogP contribution in [0.4, 0.5) is 0 Å². The van der Waals surface area contributed by atoms with Gasteiger partial charge < -0.3 is 33.8 Å². The maximum atomic E-state index is 13.0. The molecule has 0 aliphatic heterocycles. The summed E-state index contributed by atoms with van der Waals surface area (Å²) >= 11 is 0. The number of carbonyl (C=O) groups is 4. The first-order valence-corrected chi connectivity index (χ1v) is 36.4. The molecule has 3 N–H and O–H groups in total. The molecular formula is C64H124O17P2. The molecule has 0 aromatic heterocycles. The normalized spacial score (nSPS) is 14.7. The van der Waals surface area contributed by atoms with Gasteiger partial charge in [-0.05, 0) is 43.4 Å². The maximum absolute atomic E-state index is 13.0. The van der Waals surface area contributed by atoms with Crippen molar-refractivity contribution in [3.8, 4) is 0 Å². The van der Waals surface area contributed by atoms with Gasteiger partial charge in [0.1, 0.15) is 19.3 Å². The van der Waals surface area contributed by atoms with Crippen molar-refractivity contribution in [1.29, 1.82) is 0 Å². The van der Waals surface area contributed by atoms with Crippen molar-refractivity contribution >= 4 is 39.5 Å². The van der Waals surface area contributed by atoms with Gasteiger partial charge in [0.2, 0.25) is 0 Å². The third kappa shape index (κ3) is 57.6. The van der Waals surface area contributed by atoms with Crippen LogP contribution < -0.4 is 0 Å². The van der Waals surface area contributed by atoms with Gasteiger partial charge in [-0.25, -0.2) is 9.13 Å². The molecule has 0 amide bonds. The first kappa shape index (κ1) is 81.1. The zero-order valence-electron chi connectivity index (χ0n) is 53.6. The van der Waals surface area contributed by atoms with E-state index in [0.717, 1.165) is 115 Å². The van der Waals surface area contributed by atoms with E-state index in [-0.39, 0.29) is 25.7 Å². The number of carbonyl (C=O) groups excluding carboxylic acids is 4. The third-order valence-corrected chi connectivity index (χ3v) is 16.9. The zero-order chi connectivity index (χ0) is 61.7. The Morgan fingerprint density at radius 1 is 0.349 bits per heavy atom. The smallest absolute Gasteiger partial charge is 0.462 e. The van der Waals surface area contributed by atoms with Crippen LogP contribution in [0.1, 0.15) is 312 Å². The lowest BCUT2D eigenvalue weighted by Gasteiger charge is -2.21. The number of unbranched alkanes of at least 4 members (excludes halogenated alkanes) is 29. The van der Waals surface area contributed by atoms with Crippen molar-refractivity contribution in [3.63, 3.8) is 0 Å². The minimum absolute atomic E-state index is 0.103. The van der Waals surface area contributed by atoms with Crippen molar-refractivity contribution in [1.82, 2.24) is 0 Å². The molecule has 492 valence electrons. The Labute approximate surface area is 505 Å². The van der Waals surface area contributed by atoms with Crippen molar-refractivity contribution < 1.29 is 80.2 Å². The van der Waals surface area contributed by atoms with Gasteiger partial charge in [-0.2, -0.15) is 0 Å². The van der Waals surface area contributed by atoms with Crippen LogP contribution in [0.3, 0.4) is 0 Å². The van der Waals surface area contributed by atoms with Crippen molar-refractivity contribution in [2.75, 3.05) is 39.6 Å². The van der Waals surface area contributed by atoms with Gasteiger partial charge in [0.05, 0.1) is 26.4 Å². The fourth-order valence-electron chi connectivity index (χ4n) is 9.45. The molecule has 0 radical (unpaired) electrons. The highest BCUT2D eigenvalue weighted by Crippen LogP contribution is 2.45. The fourth-order valence-corrected chi connectivity index (χ4v) is 11.0. The zero-order valence-corrected chi connectivity index (χ0v) is 55.4. The highest BCUT2D eigenvalue weighted by Gasteiger charge is 2.30. The summed E-state index contributed by atoms with van der Waals surface area (Å²) in [6.45, 7) is 11.7. The Balaban J connectivity index is 5.23. The van der Waals surface area contributed by atoms with E-state index in [1.165, 1.54) is 109 Å². The van der Waals surface area contributed by atoms with E-state index in [1.54, 1.807) is 0 Å². The molecule has 0 aromatic carbocycles. The summed E-state index contributed by atoms with van der Waals surface area (Å²) in [6, 6.07) is 0. The Hall–Kier alpha value is -1.94. The molecule has 0 fully saturated rings. The topological polar surface area (TPSA) is 237 Å². The molecule has 0 saturated heterocycles. The molecule has 0 rings (SSSR count). The van der Waals surface area contributed by atoms with Crippen LogP contribution in [0.5, 0.6) is 0 Å². The summed E-state index contributed by atoms with van der Waals surface area (Å²) in [5, 5.41) is 10.5. The number of hydrogen-bond donors (Lipinski definition) is 3. The van der Waals surface area contributed by atoms with Crippen LogP contribution in [0.25, 0.3) is 0 Å². The Morgan fingerprint density at radius 3 is 0.916 bits per heavy atom.